The van der Waals surface area contributed by atoms with Crippen LogP contribution in [0, 0.1) is 0 Å². The summed E-state index contributed by atoms with van der Waals surface area (Å²) >= 11 is 0. The largest absolute Gasteiger partial charge is 0.416 e. The minimum atomic E-state index is -4.48. The molecule has 1 rings (SSSR count). The Bertz CT molecular complexity index is 461. The standard InChI is InChI=1S/C12H13F3N2O2/c1-8(17-7-18)6-16-11(19)9-3-2-4-10(5-9)12(13,14)15/h2-5,7-8H,6H2,1H3,(H,16,19)(H,17,18). The number of amides is 2. The van der Waals surface area contributed by atoms with Crippen LogP contribution in [0.5, 0.6) is 0 Å². The molecule has 2 N–H and O–H groups in total. The predicted octanol–water partition coefficient (Wildman–Crippen LogP) is 1.57. The van der Waals surface area contributed by atoms with Crippen LogP contribution in [0.2, 0.25) is 0 Å². The van der Waals surface area contributed by atoms with Gasteiger partial charge in [0.2, 0.25) is 6.41 Å². The van der Waals surface area contributed by atoms with Crippen molar-refractivity contribution in [1.82, 2.24) is 10.6 Å². The van der Waals surface area contributed by atoms with E-state index in [9.17, 15) is 22.8 Å². The zero-order valence-corrected chi connectivity index (χ0v) is 10.1. The van der Waals surface area contributed by atoms with Gasteiger partial charge in [0.1, 0.15) is 0 Å². The van der Waals surface area contributed by atoms with E-state index >= 15 is 0 Å². The lowest BCUT2D eigenvalue weighted by atomic mass is 10.1. The maximum absolute atomic E-state index is 12.5. The number of benzene rings is 1. The number of alkyl halides is 3. The summed E-state index contributed by atoms with van der Waals surface area (Å²) in [5.41, 5.74) is -0.952. The summed E-state index contributed by atoms with van der Waals surface area (Å²) in [6.07, 6.45) is -4.00. The van der Waals surface area contributed by atoms with Crippen molar-refractivity contribution in [2.24, 2.45) is 0 Å². The number of carbonyl (C=O) groups excluding carboxylic acids is 2. The molecular formula is C12H13F3N2O2. The summed E-state index contributed by atoms with van der Waals surface area (Å²) in [4.78, 5) is 21.8. The van der Waals surface area contributed by atoms with Crippen molar-refractivity contribution in [3.8, 4) is 0 Å². The van der Waals surface area contributed by atoms with Crippen LogP contribution >= 0.6 is 0 Å². The number of nitrogens with one attached hydrogen (secondary N) is 2. The quantitative estimate of drug-likeness (QED) is 0.801. The third-order valence-electron chi connectivity index (χ3n) is 2.37. The molecule has 0 bridgehead atoms. The van der Waals surface area contributed by atoms with Gasteiger partial charge in [0, 0.05) is 18.2 Å². The van der Waals surface area contributed by atoms with E-state index in [0.717, 1.165) is 12.1 Å². The maximum Gasteiger partial charge on any atom is 0.416 e. The van der Waals surface area contributed by atoms with Crippen LogP contribution in [-0.2, 0) is 11.0 Å². The van der Waals surface area contributed by atoms with Gasteiger partial charge in [0.15, 0.2) is 0 Å². The molecule has 19 heavy (non-hydrogen) atoms. The topological polar surface area (TPSA) is 58.2 Å². The third kappa shape index (κ3) is 4.61. The van der Waals surface area contributed by atoms with Crippen molar-refractivity contribution in [1.29, 1.82) is 0 Å². The highest BCUT2D eigenvalue weighted by Gasteiger charge is 2.30. The Balaban J connectivity index is 2.70. The fraction of sp³-hybridized carbons (Fsp3) is 0.333. The molecule has 1 unspecified atom stereocenters. The fourth-order valence-corrected chi connectivity index (χ4v) is 1.36. The lowest BCUT2D eigenvalue weighted by Gasteiger charge is -2.12. The summed E-state index contributed by atoms with van der Waals surface area (Å²) in [5, 5.41) is 4.85. The SMILES string of the molecule is CC(CNC(=O)c1cccc(C(F)(F)F)c1)NC=O. The Morgan fingerprint density at radius 3 is 2.68 bits per heavy atom. The Morgan fingerprint density at radius 2 is 2.11 bits per heavy atom. The Labute approximate surface area is 108 Å². The highest BCUT2D eigenvalue weighted by Crippen LogP contribution is 2.29. The molecule has 1 aromatic rings. The first-order valence-corrected chi connectivity index (χ1v) is 5.49. The van der Waals surface area contributed by atoms with Crippen LogP contribution in [0.15, 0.2) is 24.3 Å². The van der Waals surface area contributed by atoms with Crippen LogP contribution < -0.4 is 10.6 Å². The smallest absolute Gasteiger partial charge is 0.354 e. The third-order valence-corrected chi connectivity index (χ3v) is 2.37. The molecule has 0 radical (unpaired) electrons. The van der Waals surface area contributed by atoms with Crippen molar-refractivity contribution in [3.63, 3.8) is 0 Å². The highest BCUT2D eigenvalue weighted by molar-refractivity contribution is 5.94. The van der Waals surface area contributed by atoms with Crippen LogP contribution in [-0.4, -0.2) is 24.9 Å². The summed E-state index contributed by atoms with van der Waals surface area (Å²) in [6, 6.07) is 3.85. The molecule has 0 saturated carbocycles. The molecule has 104 valence electrons. The van der Waals surface area contributed by atoms with Crippen molar-refractivity contribution in [2.45, 2.75) is 19.1 Å². The number of halogens is 3. The molecule has 0 aromatic heterocycles. The molecule has 0 fully saturated rings. The zero-order valence-electron chi connectivity index (χ0n) is 10.1. The molecule has 0 aliphatic heterocycles. The van der Waals surface area contributed by atoms with Crippen LogP contribution in [0.3, 0.4) is 0 Å². The average molecular weight is 274 g/mol. The molecule has 2 amide bonds. The van der Waals surface area contributed by atoms with Gasteiger partial charge in [-0.3, -0.25) is 9.59 Å². The van der Waals surface area contributed by atoms with E-state index < -0.39 is 17.6 Å². The van der Waals surface area contributed by atoms with E-state index in [1.165, 1.54) is 12.1 Å². The molecule has 7 heteroatoms. The molecular weight excluding hydrogens is 261 g/mol. The fourth-order valence-electron chi connectivity index (χ4n) is 1.36. The summed E-state index contributed by atoms with van der Waals surface area (Å²) < 4.78 is 37.4. The molecule has 0 aliphatic carbocycles. The van der Waals surface area contributed by atoms with Crippen molar-refractivity contribution < 1.29 is 22.8 Å². The molecule has 4 nitrogen and oxygen atoms in total. The Hall–Kier alpha value is -2.05. The summed E-state index contributed by atoms with van der Waals surface area (Å²) in [6.45, 7) is 1.79. The van der Waals surface area contributed by atoms with E-state index in [0.29, 0.717) is 6.41 Å². The Morgan fingerprint density at radius 1 is 1.42 bits per heavy atom. The van der Waals surface area contributed by atoms with E-state index in [4.69, 9.17) is 0 Å². The van der Waals surface area contributed by atoms with Crippen LogP contribution in [0.4, 0.5) is 13.2 Å². The first-order chi connectivity index (χ1) is 8.84. The van der Waals surface area contributed by atoms with Gasteiger partial charge >= 0.3 is 6.18 Å². The minimum Gasteiger partial charge on any atom is -0.354 e. The van der Waals surface area contributed by atoms with E-state index in [1.54, 1.807) is 6.92 Å². The van der Waals surface area contributed by atoms with Crippen LogP contribution in [0.1, 0.15) is 22.8 Å². The maximum atomic E-state index is 12.5. The van der Waals surface area contributed by atoms with Crippen molar-refractivity contribution in [3.05, 3.63) is 35.4 Å². The van der Waals surface area contributed by atoms with E-state index in [2.05, 4.69) is 10.6 Å². The molecule has 1 atom stereocenters. The predicted molar refractivity (Wildman–Crippen MR) is 62.4 cm³/mol. The van der Waals surface area contributed by atoms with E-state index in [1.807, 2.05) is 0 Å². The first kappa shape index (κ1) is 15.0. The number of hydrogen-bond donors (Lipinski definition) is 2. The van der Waals surface area contributed by atoms with Crippen molar-refractivity contribution >= 4 is 12.3 Å². The first-order valence-electron chi connectivity index (χ1n) is 5.49. The second kappa shape index (κ2) is 6.21. The number of hydrogen-bond acceptors (Lipinski definition) is 2. The minimum absolute atomic E-state index is 0.0758. The molecule has 0 aliphatic rings. The van der Waals surface area contributed by atoms with Crippen molar-refractivity contribution in [2.75, 3.05) is 6.54 Å². The molecule has 0 saturated heterocycles. The highest BCUT2D eigenvalue weighted by atomic mass is 19.4. The zero-order chi connectivity index (χ0) is 14.5. The Kier molecular flexibility index (Phi) is 4.91. The number of carbonyl (C=O) groups is 2. The molecule has 0 spiro atoms. The second-order valence-corrected chi connectivity index (χ2v) is 3.97. The van der Waals surface area contributed by atoms with Gasteiger partial charge in [-0.25, -0.2) is 0 Å². The molecule has 0 heterocycles. The normalized spacial score (nSPS) is 12.6. The van der Waals surface area contributed by atoms with Gasteiger partial charge in [-0.2, -0.15) is 13.2 Å². The van der Waals surface area contributed by atoms with Gasteiger partial charge in [-0.1, -0.05) is 6.07 Å². The monoisotopic (exact) mass is 274 g/mol. The van der Waals surface area contributed by atoms with E-state index in [-0.39, 0.29) is 18.2 Å². The molecule has 1 aromatic carbocycles. The number of rotatable bonds is 5. The van der Waals surface area contributed by atoms with Gasteiger partial charge in [-0.05, 0) is 25.1 Å². The van der Waals surface area contributed by atoms with Gasteiger partial charge < -0.3 is 10.6 Å². The van der Waals surface area contributed by atoms with Crippen LogP contribution in [0.25, 0.3) is 0 Å². The second-order valence-electron chi connectivity index (χ2n) is 3.97. The van der Waals surface area contributed by atoms with Gasteiger partial charge in [-0.15, -0.1) is 0 Å². The van der Waals surface area contributed by atoms with Gasteiger partial charge in [0.05, 0.1) is 5.56 Å². The summed E-state index contributed by atoms with van der Waals surface area (Å²) in [5.74, 6) is -0.620. The average Bonchev–Trinajstić information content (AvgIpc) is 2.35. The van der Waals surface area contributed by atoms with Gasteiger partial charge in [0.25, 0.3) is 5.91 Å². The summed E-state index contributed by atoms with van der Waals surface area (Å²) in [7, 11) is 0. The lowest BCUT2D eigenvalue weighted by Crippen LogP contribution is -2.38. The lowest BCUT2D eigenvalue weighted by molar-refractivity contribution is -0.137.